The number of anilines is 1. The standard InChI is InChI=1S/C13H19N3OS/c1-10(17)12-8-14-13(18-12)16-6-4-15(5-7-16)9-11-2-3-11/h8,11H,2-7,9H2,1H3. The van der Waals surface area contributed by atoms with Crippen molar-refractivity contribution in [2.45, 2.75) is 19.8 Å². The second-order valence-electron chi connectivity index (χ2n) is 5.29. The third kappa shape index (κ3) is 2.72. The third-order valence-electron chi connectivity index (χ3n) is 3.70. The molecule has 0 aromatic carbocycles. The number of rotatable bonds is 4. The summed E-state index contributed by atoms with van der Waals surface area (Å²) in [5.74, 6) is 1.09. The van der Waals surface area contributed by atoms with Crippen molar-refractivity contribution in [3.63, 3.8) is 0 Å². The monoisotopic (exact) mass is 265 g/mol. The van der Waals surface area contributed by atoms with E-state index in [4.69, 9.17) is 0 Å². The van der Waals surface area contributed by atoms with E-state index in [0.717, 1.165) is 42.1 Å². The fourth-order valence-electron chi connectivity index (χ4n) is 2.36. The van der Waals surface area contributed by atoms with E-state index >= 15 is 0 Å². The number of carbonyl (C=O) groups is 1. The van der Waals surface area contributed by atoms with Gasteiger partial charge in [-0.3, -0.25) is 9.69 Å². The predicted molar refractivity (Wildman–Crippen MR) is 73.5 cm³/mol. The van der Waals surface area contributed by atoms with E-state index in [1.165, 1.54) is 30.7 Å². The summed E-state index contributed by atoms with van der Waals surface area (Å²) >= 11 is 1.52. The Labute approximate surface area is 112 Å². The summed E-state index contributed by atoms with van der Waals surface area (Å²) in [5.41, 5.74) is 0. The molecule has 0 bridgehead atoms. The quantitative estimate of drug-likeness (QED) is 0.779. The summed E-state index contributed by atoms with van der Waals surface area (Å²) in [6.45, 7) is 7.22. The van der Waals surface area contributed by atoms with E-state index < -0.39 is 0 Å². The van der Waals surface area contributed by atoms with Crippen LogP contribution in [0.25, 0.3) is 0 Å². The Morgan fingerprint density at radius 3 is 2.67 bits per heavy atom. The number of nitrogens with zero attached hydrogens (tertiary/aromatic N) is 3. The van der Waals surface area contributed by atoms with Crippen LogP contribution < -0.4 is 4.90 Å². The van der Waals surface area contributed by atoms with Crippen molar-refractivity contribution < 1.29 is 4.79 Å². The van der Waals surface area contributed by atoms with Crippen LogP contribution in [0.3, 0.4) is 0 Å². The highest BCUT2D eigenvalue weighted by Gasteiger charge is 2.27. The number of thiazole rings is 1. The van der Waals surface area contributed by atoms with E-state index in [2.05, 4.69) is 14.8 Å². The van der Waals surface area contributed by atoms with Crippen LogP contribution in [-0.2, 0) is 0 Å². The SMILES string of the molecule is CC(=O)c1cnc(N2CCN(CC3CC3)CC2)s1. The Kier molecular flexibility index (Phi) is 3.35. The van der Waals surface area contributed by atoms with E-state index in [1.54, 1.807) is 13.1 Å². The summed E-state index contributed by atoms with van der Waals surface area (Å²) in [6, 6.07) is 0. The van der Waals surface area contributed by atoms with E-state index in [0.29, 0.717) is 0 Å². The molecule has 4 nitrogen and oxygen atoms in total. The van der Waals surface area contributed by atoms with Gasteiger partial charge in [0.2, 0.25) is 0 Å². The number of ketones is 1. The molecular weight excluding hydrogens is 246 g/mol. The van der Waals surface area contributed by atoms with Crippen LogP contribution >= 0.6 is 11.3 Å². The maximum atomic E-state index is 11.3. The Bertz CT molecular complexity index is 433. The molecule has 1 aliphatic carbocycles. The number of hydrogen-bond acceptors (Lipinski definition) is 5. The highest BCUT2D eigenvalue weighted by atomic mass is 32.1. The fourth-order valence-corrected chi connectivity index (χ4v) is 3.22. The molecule has 98 valence electrons. The van der Waals surface area contributed by atoms with Gasteiger partial charge in [-0.1, -0.05) is 11.3 Å². The van der Waals surface area contributed by atoms with Gasteiger partial charge in [0.25, 0.3) is 0 Å². The van der Waals surface area contributed by atoms with Crippen LogP contribution in [-0.4, -0.2) is 48.4 Å². The Balaban J connectivity index is 1.55. The molecule has 1 aliphatic heterocycles. The molecule has 3 rings (SSSR count). The van der Waals surface area contributed by atoms with Crippen LogP contribution in [0.5, 0.6) is 0 Å². The van der Waals surface area contributed by atoms with Crippen LogP contribution in [0.15, 0.2) is 6.20 Å². The molecule has 0 unspecified atom stereocenters. The molecule has 1 aromatic rings. The largest absolute Gasteiger partial charge is 0.346 e. The zero-order chi connectivity index (χ0) is 12.5. The average Bonchev–Trinajstić information content (AvgIpc) is 3.04. The molecule has 0 radical (unpaired) electrons. The van der Waals surface area contributed by atoms with Gasteiger partial charge >= 0.3 is 0 Å². The minimum absolute atomic E-state index is 0.117. The topological polar surface area (TPSA) is 36.4 Å². The average molecular weight is 265 g/mol. The molecule has 2 heterocycles. The molecule has 0 N–H and O–H groups in total. The normalized spacial score (nSPS) is 21.3. The summed E-state index contributed by atoms with van der Waals surface area (Å²) in [4.78, 5) is 21.3. The van der Waals surface area contributed by atoms with Crippen molar-refractivity contribution >= 4 is 22.3 Å². The molecule has 1 saturated heterocycles. The first kappa shape index (κ1) is 12.1. The van der Waals surface area contributed by atoms with Gasteiger partial charge in [0.05, 0.1) is 11.1 Å². The second-order valence-corrected chi connectivity index (χ2v) is 6.30. The van der Waals surface area contributed by atoms with E-state index in [-0.39, 0.29) is 5.78 Å². The third-order valence-corrected chi connectivity index (χ3v) is 4.86. The first-order valence-electron chi connectivity index (χ1n) is 6.66. The maximum Gasteiger partial charge on any atom is 0.186 e. The number of carbonyl (C=O) groups excluding carboxylic acids is 1. The van der Waals surface area contributed by atoms with Crippen LogP contribution in [0.4, 0.5) is 5.13 Å². The van der Waals surface area contributed by atoms with Crippen LogP contribution in [0, 0.1) is 5.92 Å². The van der Waals surface area contributed by atoms with Crippen molar-refractivity contribution in [2.24, 2.45) is 5.92 Å². The predicted octanol–water partition coefficient (Wildman–Crippen LogP) is 1.88. The second kappa shape index (κ2) is 4.97. The van der Waals surface area contributed by atoms with Crippen molar-refractivity contribution in [1.82, 2.24) is 9.88 Å². The lowest BCUT2D eigenvalue weighted by Crippen LogP contribution is -2.46. The molecule has 2 aliphatic rings. The lowest BCUT2D eigenvalue weighted by molar-refractivity contribution is 0.102. The molecule has 0 amide bonds. The highest BCUT2D eigenvalue weighted by Crippen LogP contribution is 2.30. The summed E-state index contributed by atoms with van der Waals surface area (Å²) in [5, 5.41) is 1.01. The molecule has 0 atom stereocenters. The maximum absolute atomic E-state index is 11.3. The molecule has 1 aromatic heterocycles. The van der Waals surface area contributed by atoms with Crippen molar-refractivity contribution in [3.05, 3.63) is 11.1 Å². The zero-order valence-corrected chi connectivity index (χ0v) is 11.6. The van der Waals surface area contributed by atoms with Gasteiger partial charge in [-0.15, -0.1) is 0 Å². The minimum atomic E-state index is 0.117. The lowest BCUT2D eigenvalue weighted by atomic mass is 10.3. The van der Waals surface area contributed by atoms with Crippen LogP contribution in [0.2, 0.25) is 0 Å². The van der Waals surface area contributed by atoms with Gasteiger partial charge in [0.15, 0.2) is 10.9 Å². The summed E-state index contributed by atoms with van der Waals surface area (Å²) in [7, 11) is 0. The van der Waals surface area contributed by atoms with Crippen molar-refractivity contribution in [3.8, 4) is 0 Å². The number of hydrogen-bond donors (Lipinski definition) is 0. The van der Waals surface area contributed by atoms with Gasteiger partial charge < -0.3 is 4.90 Å². The van der Waals surface area contributed by atoms with Gasteiger partial charge in [-0.2, -0.15) is 0 Å². The van der Waals surface area contributed by atoms with Crippen LogP contribution in [0.1, 0.15) is 29.4 Å². The molecular formula is C13H19N3OS. The van der Waals surface area contributed by atoms with Gasteiger partial charge in [0.1, 0.15) is 0 Å². The lowest BCUT2D eigenvalue weighted by Gasteiger charge is -2.34. The minimum Gasteiger partial charge on any atom is -0.346 e. The number of aromatic nitrogens is 1. The number of piperazine rings is 1. The van der Waals surface area contributed by atoms with Crippen molar-refractivity contribution in [2.75, 3.05) is 37.6 Å². The molecule has 1 saturated carbocycles. The highest BCUT2D eigenvalue weighted by molar-refractivity contribution is 7.17. The smallest absolute Gasteiger partial charge is 0.186 e. The Hall–Kier alpha value is -0.940. The number of Topliss-reactive ketones (excluding diaryl/α,β-unsaturated/α-hetero) is 1. The van der Waals surface area contributed by atoms with E-state index in [1.807, 2.05) is 0 Å². The summed E-state index contributed by atoms with van der Waals surface area (Å²) in [6.07, 6.45) is 4.56. The first-order valence-corrected chi connectivity index (χ1v) is 7.48. The Morgan fingerprint density at radius 2 is 2.11 bits per heavy atom. The Morgan fingerprint density at radius 1 is 1.39 bits per heavy atom. The fraction of sp³-hybridized carbons (Fsp3) is 0.692. The van der Waals surface area contributed by atoms with Gasteiger partial charge in [-0.05, 0) is 18.8 Å². The molecule has 5 heteroatoms. The van der Waals surface area contributed by atoms with E-state index in [9.17, 15) is 4.79 Å². The molecule has 0 spiro atoms. The summed E-state index contributed by atoms with van der Waals surface area (Å²) < 4.78 is 0. The first-order chi connectivity index (χ1) is 8.72. The molecule has 2 fully saturated rings. The van der Waals surface area contributed by atoms with Gasteiger partial charge in [0, 0.05) is 39.6 Å². The van der Waals surface area contributed by atoms with Gasteiger partial charge in [-0.25, -0.2) is 4.98 Å². The molecule has 18 heavy (non-hydrogen) atoms. The van der Waals surface area contributed by atoms with Crippen molar-refractivity contribution in [1.29, 1.82) is 0 Å². The zero-order valence-electron chi connectivity index (χ0n) is 10.8.